The lowest BCUT2D eigenvalue weighted by Gasteiger charge is -2.15. The zero-order valence-electron chi connectivity index (χ0n) is 35.8. The minimum absolute atomic E-state index is 0.176. The molecule has 0 heterocycles. The fourth-order valence-electron chi connectivity index (χ4n) is 6.99. The number of hydrogen-bond donors (Lipinski definition) is 1. The lowest BCUT2D eigenvalue weighted by atomic mass is 10.0. The van der Waals surface area contributed by atoms with Crippen molar-refractivity contribution in [1.29, 1.82) is 0 Å². The largest absolute Gasteiger partial charge is 0.457 e. The first-order valence-corrected chi connectivity index (χ1v) is 23.6. The number of aliphatic hydroxyl groups is 1. The monoisotopic (exact) mass is 745 g/mol. The molecule has 0 bridgehead atoms. The van der Waals surface area contributed by atoms with Crippen LogP contribution in [-0.4, -0.2) is 37.0 Å². The lowest BCUT2D eigenvalue weighted by molar-refractivity contribution is -0.154. The van der Waals surface area contributed by atoms with Crippen LogP contribution < -0.4 is 0 Å². The SMILES string of the molecule is CC/C=C\C/C=C\C/C=C\CCCCCCCC(=O)OC(CO)COCCCCCCCCCCCCCCCCCCCCCCCCCCCC. The first kappa shape index (κ1) is 51.6. The van der Waals surface area contributed by atoms with Crippen molar-refractivity contribution in [1.82, 2.24) is 0 Å². The fraction of sp³-hybridized carbons (Fsp3) is 0.857. The predicted molar refractivity (Wildman–Crippen MR) is 233 cm³/mol. The first-order valence-electron chi connectivity index (χ1n) is 23.6. The van der Waals surface area contributed by atoms with Crippen molar-refractivity contribution < 1.29 is 19.4 Å². The summed E-state index contributed by atoms with van der Waals surface area (Å²) in [6, 6.07) is 0. The molecule has 0 aromatic rings. The third-order valence-corrected chi connectivity index (χ3v) is 10.5. The van der Waals surface area contributed by atoms with Gasteiger partial charge in [0.1, 0.15) is 6.10 Å². The standard InChI is InChI=1S/C49H92O4/c1-3-5-7-9-11-13-15-17-19-20-21-22-23-24-25-26-27-28-29-31-33-35-37-39-41-43-45-52-47-48(46-50)53-49(51)44-42-40-38-36-34-32-30-18-16-14-12-10-8-6-4-2/h6,8,12,14,18,30,48,50H,3-5,7,9-11,13,15-17,19-29,31-47H2,1-2H3/b8-6-,14-12-,30-18-. The quantitative estimate of drug-likeness (QED) is 0.0383. The molecular weight excluding hydrogens is 653 g/mol. The van der Waals surface area contributed by atoms with E-state index in [0.29, 0.717) is 19.6 Å². The van der Waals surface area contributed by atoms with Gasteiger partial charge in [0.05, 0.1) is 13.2 Å². The van der Waals surface area contributed by atoms with Crippen molar-refractivity contribution in [3.8, 4) is 0 Å². The number of esters is 1. The maximum atomic E-state index is 12.2. The van der Waals surface area contributed by atoms with Gasteiger partial charge in [-0.05, 0) is 44.9 Å². The van der Waals surface area contributed by atoms with Crippen LogP contribution in [0.3, 0.4) is 0 Å². The van der Waals surface area contributed by atoms with Crippen molar-refractivity contribution in [2.24, 2.45) is 0 Å². The van der Waals surface area contributed by atoms with Gasteiger partial charge in [-0.2, -0.15) is 0 Å². The van der Waals surface area contributed by atoms with Crippen molar-refractivity contribution in [3.63, 3.8) is 0 Å². The van der Waals surface area contributed by atoms with Crippen LogP contribution in [0.2, 0.25) is 0 Å². The molecule has 0 rings (SSSR count). The van der Waals surface area contributed by atoms with Crippen molar-refractivity contribution in [2.75, 3.05) is 19.8 Å². The Hall–Kier alpha value is -1.39. The summed E-state index contributed by atoms with van der Waals surface area (Å²) in [5.74, 6) is -0.214. The van der Waals surface area contributed by atoms with E-state index in [0.717, 1.165) is 51.4 Å². The molecule has 0 radical (unpaired) electrons. The fourth-order valence-corrected chi connectivity index (χ4v) is 6.99. The van der Waals surface area contributed by atoms with Gasteiger partial charge in [-0.3, -0.25) is 4.79 Å². The van der Waals surface area contributed by atoms with E-state index in [-0.39, 0.29) is 12.6 Å². The molecule has 4 heteroatoms. The number of aliphatic hydroxyl groups excluding tert-OH is 1. The normalized spacial score (nSPS) is 12.6. The summed E-state index contributed by atoms with van der Waals surface area (Å²) in [4.78, 5) is 12.2. The molecule has 0 aliphatic heterocycles. The van der Waals surface area contributed by atoms with Crippen LogP contribution in [0, 0.1) is 0 Å². The first-order chi connectivity index (χ1) is 26.2. The number of carbonyl (C=O) groups excluding carboxylic acids is 1. The zero-order chi connectivity index (χ0) is 38.4. The Morgan fingerprint density at radius 3 is 1.28 bits per heavy atom. The summed E-state index contributed by atoms with van der Waals surface area (Å²) in [7, 11) is 0. The van der Waals surface area contributed by atoms with Crippen LogP contribution in [0.15, 0.2) is 36.5 Å². The maximum Gasteiger partial charge on any atom is 0.306 e. The van der Waals surface area contributed by atoms with Gasteiger partial charge >= 0.3 is 5.97 Å². The number of carbonyl (C=O) groups is 1. The summed E-state index contributed by atoms with van der Waals surface area (Å²) in [5.41, 5.74) is 0. The highest BCUT2D eigenvalue weighted by Crippen LogP contribution is 2.16. The van der Waals surface area contributed by atoms with Gasteiger partial charge in [-0.15, -0.1) is 0 Å². The van der Waals surface area contributed by atoms with Gasteiger partial charge in [-0.1, -0.05) is 230 Å². The minimum Gasteiger partial charge on any atom is -0.457 e. The molecule has 0 spiro atoms. The third-order valence-electron chi connectivity index (χ3n) is 10.5. The zero-order valence-corrected chi connectivity index (χ0v) is 35.8. The number of allylic oxidation sites excluding steroid dienone is 6. The molecule has 0 aromatic heterocycles. The highest BCUT2D eigenvalue weighted by molar-refractivity contribution is 5.69. The Bertz CT molecular complexity index is 787. The number of ether oxygens (including phenoxy) is 2. The van der Waals surface area contributed by atoms with Gasteiger partial charge in [-0.25, -0.2) is 0 Å². The molecule has 0 aromatic carbocycles. The van der Waals surface area contributed by atoms with Crippen LogP contribution in [-0.2, 0) is 14.3 Å². The topological polar surface area (TPSA) is 55.8 Å². The Morgan fingerprint density at radius 1 is 0.472 bits per heavy atom. The second-order valence-electron chi connectivity index (χ2n) is 15.8. The molecule has 0 aliphatic carbocycles. The average molecular weight is 745 g/mol. The Morgan fingerprint density at radius 2 is 0.849 bits per heavy atom. The minimum atomic E-state index is -0.541. The predicted octanol–water partition coefficient (Wildman–Crippen LogP) is 15.7. The Balaban J connectivity index is 3.36. The average Bonchev–Trinajstić information content (AvgIpc) is 3.16. The second-order valence-corrected chi connectivity index (χ2v) is 15.8. The van der Waals surface area contributed by atoms with E-state index in [1.54, 1.807) is 0 Å². The van der Waals surface area contributed by atoms with Crippen LogP contribution in [0.25, 0.3) is 0 Å². The van der Waals surface area contributed by atoms with Gasteiger partial charge in [0, 0.05) is 13.0 Å². The Labute approximate surface area is 331 Å². The second kappa shape index (κ2) is 46.8. The van der Waals surface area contributed by atoms with Crippen LogP contribution in [0.1, 0.15) is 245 Å². The molecule has 1 unspecified atom stereocenters. The molecule has 312 valence electrons. The van der Waals surface area contributed by atoms with Gasteiger partial charge in [0.15, 0.2) is 0 Å². The van der Waals surface area contributed by atoms with E-state index in [1.165, 1.54) is 173 Å². The van der Waals surface area contributed by atoms with Crippen molar-refractivity contribution in [3.05, 3.63) is 36.5 Å². The van der Waals surface area contributed by atoms with Gasteiger partial charge < -0.3 is 14.6 Å². The maximum absolute atomic E-state index is 12.2. The smallest absolute Gasteiger partial charge is 0.306 e. The van der Waals surface area contributed by atoms with Crippen molar-refractivity contribution >= 4 is 5.97 Å². The lowest BCUT2D eigenvalue weighted by Crippen LogP contribution is -2.27. The van der Waals surface area contributed by atoms with E-state index in [9.17, 15) is 9.90 Å². The molecule has 0 saturated heterocycles. The van der Waals surface area contributed by atoms with E-state index in [1.807, 2.05) is 0 Å². The third kappa shape index (κ3) is 44.9. The molecule has 0 amide bonds. The van der Waals surface area contributed by atoms with E-state index >= 15 is 0 Å². The van der Waals surface area contributed by atoms with E-state index < -0.39 is 6.10 Å². The summed E-state index contributed by atoms with van der Waals surface area (Å²) in [6.45, 7) is 5.25. The Kier molecular flexibility index (Phi) is 45.5. The number of hydrogen-bond acceptors (Lipinski definition) is 4. The summed E-state index contributed by atoms with van der Waals surface area (Å²) >= 11 is 0. The number of unbranched alkanes of at least 4 members (excludes halogenated alkanes) is 30. The van der Waals surface area contributed by atoms with Gasteiger partial charge in [0.2, 0.25) is 0 Å². The number of rotatable bonds is 44. The highest BCUT2D eigenvalue weighted by atomic mass is 16.6. The molecular formula is C49H92O4. The van der Waals surface area contributed by atoms with Crippen LogP contribution >= 0.6 is 0 Å². The van der Waals surface area contributed by atoms with Crippen molar-refractivity contribution in [2.45, 2.75) is 251 Å². The molecule has 1 N–H and O–H groups in total. The molecule has 4 nitrogen and oxygen atoms in total. The summed E-state index contributed by atoms with van der Waals surface area (Å²) < 4.78 is 11.2. The summed E-state index contributed by atoms with van der Waals surface area (Å²) in [5, 5.41) is 9.61. The molecule has 0 saturated carbocycles. The highest BCUT2D eigenvalue weighted by Gasteiger charge is 2.13. The van der Waals surface area contributed by atoms with Crippen LogP contribution in [0.4, 0.5) is 0 Å². The molecule has 53 heavy (non-hydrogen) atoms. The van der Waals surface area contributed by atoms with E-state index in [4.69, 9.17) is 9.47 Å². The molecule has 0 aliphatic rings. The molecule has 1 atom stereocenters. The van der Waals surface area contributed by atoms with Crippen LogP contribution in [0.5, 0.6) is 0 Å². The summed E-state index contributed by atoms with van der Waals surface area (Å²) in [6.07, 6.45) is 59.5. The van der Waals surface area contributed by atoms with Gasteiger partial charge in [0.25, 0.3) is 0 Å². The molecule has 0 fully saturated rings. The van der Waals surface area contributed by atoms with E-state index in [2.05, 4.69) is 50.3 Å².